The molecule has 1 aliphatic heterocycles. The molecule has 1 rings (SSSR count). The van der Waals surface area contributed by atoms with Crippen LogP contribution in [0.3, 0.4) is 0 Å². The van der Waals surface area contributed by atoms with Crippen LogP contribution in [0, 0.1) is 11.8 Å². The maximum absolute atomic E-state index is 5.20. The summed E-state index contributed by atoms with van der Waals surface area (Å²) in [5.41, 5.74) is 0. The normalized spacial score (nSPS) is 20.8. The minimum Gasteiger partial charge on any atom is -0.383 e. The van der Waals surface area contributed by atoms with Crippen LogP contribution >= 0.6 is 0 Å². The van der Waals surface area contributed by atoms with Gasteiger partial charge in [-0.2, -0.15) is 0 Å². The Balaban J connectivity index is 2.14. The number of nitrogens with zero attached hydrogens (tertiary/aromatic N) is 1. The van der Waals surface area contributed by atoms with E-state index in [1.807, 2.05) is 0 Å². The summed E-state index contributed by atoms with van der Waals surface area (Å²) in [4.78, 5) is 2.56. The van der Waals surface area contributed by atoms with Gasteiger partial charge in [0.05, 0.1) is 6.61 Å². The number of ether oxygens (including phenoxy) is 1. The van der Waals surface area contributed by atoms with Crippen LogP contribution in [0.15, 0.2) is 0 Å². The molecule has 0 saturated carbocycles. The predicted octanol–water partition coefficient (Wildman–Crippen LogP) is 2.37. The van der Waals surface area contributed by atoms with Crippen molar-refractivity contribution in [1.82, 2.24) is 10.2 Å². The highest BCUT2D eigenvalue weighted by Gasteiger charge is 2.13. The van der Waals surface area contributed by atoms with Gasteiger partial charge in [0.25, 0.3) is 0 Å². The van der Waals surface area contributed by atoms with Crippen molar-refractivity contribution >= 4 is 0 Å². The molecule has 1 fully saturated rings. The van der Waals surface area contributed by atoms with Crippen molar-refractivity contribution in [2.45, 2.75) is 39.5 Å². The van der Waals surface area contributed by atoms with Gasteiger partial charge in [-0.25, -0.2) is 0 Å². The number of methoxy groups -OCH3 is 1. The molecule has 0 aliphatic carbocycles. The monoisotopic (exact) mass is 256 g/mol. The first kappa shape index (κ1) is 15.9. The maximum atomic E-state index is 5.20. The molecule has 0 bridgehead atoms. The van der Waals surface area contributed by atoms with Gasteiger partial charge < -0.3 is 15.0 Å². The standard InChI is InChI=1S/C15H32N2O/c1-14(2)13-17(10-11-18-3)9-5-7-15-6-4-8-16-12-15/h14-16H,4-13H2,1-3H3. The Hall–Kier alpha value is -0.120. The van der Waals surface area contributed by atoms with Gasteiger partial charge in [-0.05, 0) is 57.2 Å². The first-order valence-electron chi connectivity index (χ1n) is 7.64. The first-order valence-corrected chi connectivity index (χ1v) is 7.64. The second-order valence-electron chi connectivity index (χ2n) is 6.04. The summed E-state index contributed by atoms with van der Waals surface area (Å²) in [6.07, 6.45) is 5.51. The van der Waals surface area contributed by atoms with Crippen LogP contribution in [-0.2, 0) is 4.74 Å². The average molecular weight is 256 g/mol. The number of hydrogen-bond donors (Lipinski definition) is 1. The van der Waals surface area contributed by atoms with E-state index in [4.69, 9.17) is 4.74 Å². The molecule has 1 saturated heterocycles. The largest absolute Gasteiger partial charge is 0.383 e. The molecule has 1 heterocycles. The Morgan fingerprint density at radius 3 is 2.78 bits per heavy atom. The van der Waals surface area contributed by atoms with E-state index in [0.717, 1.165) is 25.0 Å². The summed E-state index contributed by atoms with van der Waals surface area (Å²) in [5, 5.41) is 3.51. The smallest absolute Gasteiger partial charge is 0.0589 e. The number of rotatable bonds is 9. The highest BCUT2D eigenvalue weighted by molar-refractivity contribution is 4.70. The van der Waals surface area contributed by atoms with Crippen LogP contribution in [0.25, 0.3) is 0 Å². The molecule has 1 N–H and O–H groups in total. The van der Waals surface area contributed by atoms with Crippen LogP contribution in [0.5, 0.6) is 0 Å². The van der Waals surface area contributed by atoms with Crippen molar-refractivity contribution in [3.05, 3.63) is 0 Å². The lowest BCUT2D eigenvalue weighted by molar-refractivity contribution is 0.137. The zero-order chi connectivity index (χ0) is 13.2. The van der Waals surface area contributed by atoms with Crippen molar-refractivity contribution < 1.29 is 4.74 Å². The molecule has 108 valence electrons. The molecule has 3 nitrogen and oxygen atoms in total. The predicted molar refractivity (Wildman–Crippen MR) is 78.0 cm³/mol. The molecule has 0 spiro atoms. The van der Waals surface area contributed by atoms with Crippen molar-refractivity contribution in [3.8, 4) is 0 Å². The fourth-order valence-electron chi connectivity index (χ4n) is 2.81. The lowest BCUT2D eigenvalue weighted by Crippen LogP contribution is -2.33. The van der Waals surface area contributed by atoms with E-state index in [-0.39, 0.29) is 0 Å². The molecule has 3 heteroatoms. The highest BCUT2D eigenvalue weighted by Crippen LogP contribution is 2.16. The molecule has 0 aromatic heterocycles. The second kappa shape index (κ2) is 9.76. The maximum Gasteiger partial charge on any atom is 0.0589 e. The van der Waals surface area contributed by atoms with Crippen LogP contribution in [-0.4, -0.2) is 51.3 Å². The quantitative estimate of drug-likeness (QED) is 0.685. The summed E-state index contributed by atoms with van der Waals surface area (Å²) in [5.74, 6) is 1.67. The molecule has 0 amide bonds. The first-order chi connectivity index (χ1) is 8.72. The SMILES string of the molecule is COCCN(CCCC1CCCNC1)CC(C)C. The molecule has 0 radical (unpaired) electrons. The van der Waals surface area contributed by atoms with Gasteiger partial charge in [-0.1, -0.05) is 13.8 Å². The number of piperidine rings is 1. The zero-order valence-electron chi connectivity index (χ0n) is 12.6. The second-order valence-corrected chi connectivity index (χ2v) is 6.04. The lowest BCUT2D eigenvalue weighted by Gasteiger charge is -2.26. The van der Waals surface area contributed by atoms with Gasteiger partial charge in [0.2, 0.25) is 0 Å². The van der Waals surface area contributed by atoms with E-state index in [1.54, 1.807) is 7.11 Å². The van der Waals surface area contributed by atoms with Crippen LogP contribution in [0.2, 0.25) is 0 Å². The van der Waals surface area contributed by atoms with E-state index < -0.39 is 0 Å². The fourth-order valence-corrected chi connectivity index (χ4v) is 2.81. The Kier molecular flexibility index (Phi) is 8.64. The third kappa shape index (κ3) is 7.34. The van der Waals surface area contributed by atoms with Gasteiger partial charge in [-0.15, -0.1) is 0 Å². The van der Waals surface area contributed by atoms with Crippen molar-refractivity contribution in [2.24, 2.45) is 11.8 Å². The van der Waals surface area contributed by atoms with E-state index in [0.29, 0.717) is 0 Å². The van der Waals surface area contributed by atoms with Crippen molar-refractivity contribution in [3.63, 3.8) is 0 Å². The van der Waals surface area contributed by atoms with Crippen LogP contribution < -0.4 is 5.32 Å². The van der Waals surface area contributed by atoms with E-state index in [2.05, 4.69) is 24.1 Å². The molecule has 1 aliphatic rings. The molecule has 1 unspecified atom stereocenters. The van der Waals surface area contributed by atoms with Crippen LogP contribution in [0.4, 0.5) is 0 Å². The Morgan fingerprint density at radius 1 is 1.33 bits per heavy atom. The zero-order valence-corrected chi connectivity index (χ0v) is 12.6. The molecular formula is C15H32N2O. The molecule has 1 atom stereocenters. The lowest BCUT2D eigenvalue weighted by atomic mass is 9.94. The Labute approximate surface area is 113 Å². The van der Waals surface area contributed by atoms with Crippen LogP contribution in [0.1, 0.15) is 39.5 Å². The highest BCUT2D eigenvalue weighted by atomic mass is 16.5. The molecule has 0 aromatic carbocycles. The molecule has 18 heavy (non-hydrogen) atoms. The van der Waals surface area contributed by atoms with Gasteiger partial charge in [-0.3, -0.25) is 0 Å². The van der Waals surface area contributed by atoms with E-state index in [1.165, 1.54) is 51.9 Å². The fraction of sp³-hybridized carbons (Fsp3) is 1.00. The van der Waals surface area contributed by atoms with Crippen molar-refractivity contribution in [2.75, 3.05) is 46.4 Å². The summed E-state index contributed by atoms with van der Waals surface area (Å²) in [6.45, 7) is 11.4. The van der Waals surface area contributed by atoms with Gasteiger partial charge in [0.15, 0.2) is 0 Å². The summed E-state index contributed by atoms with van der Waals surface area (Å²) in [7, 11) is 1.79. The third-order valence-electron chi connectivity index (χ3n) is 3.72. The van der Waals surface area contributed by atoms with Crippen molar-refractivity contribution in [1.29, 1.82) is 0 Å². The van der Waals surface area contributed by atoms with E-state index >= 15 is 0 Å². The topological polar surface area (TPSA) is 24.5 Å². The average Bonchev–Trinajstić information content (AvgIpc) is 2.36. The Morgan fingerprint density at radius 2 is 2.17 bits per heavy atom. The third-order valence-corrected chi connectivity index (χ3v) is 3.72. The molecule has 0 aromatic rings. The summed E-state index contributed by atoms with van der Waals surface area (Å²) < 4.78 is 5.20. The van der Waals surface area contributed by atoms with E-state index in [9.17, 15) is 0 Å². The minimum atomic E-state index is 0.748. The van der Waals surface area contributed by atoms with Gasteiger partial charge in [0, 0.05) is 20.2 Å². The van der Waals surface area contributed by atoms with Gasteiger partial charge in [0.1, 0.15) is 0 Å². The molecular weight excluding hydrogens is 224 g/mol. The number of hydrogen-bond acceptors (Lipinski definition) is 3. The Bertz CT molecular complexity index is 191. The van der Waals surface area contributed by atoms with Gasteiger partial charge >= 0.3 is 0 Å². The minimum absolute atomic E-state index is 0.748. The summed E-state index contributed by atoms with van der Waals surface area (Å²) in [6, 6.07) is 0. The summed E-state index contributed by atoms with van der Waals surface area (Å²) >= 11 is 0. The number of nitrogens with one attached hydrogen (secondary N) is 1.